The molecule has 0 unspecified atom stereocenters. The van der Waals surface area contributed by atoms with Gasteiger partial charge in [-0.05, 0) is 58.0 Å². The van der Waals surface area contributed by atoms with Crippen LogP contribution in [-0.2, 0) is 19.4 Å². The van der Waals surface area contributed by atoms with E-state index in [9.17, 15) is 0 Å². The summed E-state index contributed by atoms with van der Waals surface area (Å²) in [6, 6.07) is 4.46. The van der Waals surface area contributed by atoms with Gasteiger partial charge in [0.1, 0.15) is 0 Å². The van der Waals surface area contributed by atoms with Crippen molar-refractivity contribution in [3.63, 3.8) is 0 Å². The van der Waals surface area contributed by atoms with E-state index < -0.39 is 0 Å². The van der Waals surface area contributed by atoms with Crippen molar-refractivity contribution in [2.45, 2.75) is 40.2 Å². The first-order valence-electron chi connectivity index (χ1n) is 6.90. The normalized spacial score (nSPS) is 11.2. The Labute approximate surface area is 119 Å². The molecule has 0 aliphatic heterocycles. The van der Waals surface area contributed by atoms with Gasteiger partial charge in [-0.3, -0.25) is 4.68 Å². The minimum atomic E-state index is 0.900. The Morgan fingerprint density at radius 3 is 2.63 bits per heavy atom. The molecule has 0 fully saturated rings. The summed E-state index contributed by atoms with van der Waals surface area (Å²) in [7, 11) is 1.99. The van der Waals surface area contributed by atoms with Gasteiger partial charge < -0.3 is 5.32 Å². The molecule has 0 saturated heterocycles. The fourth-order valence-corrected chi connectivity index (χ4v) is 3.28. The van der Waals surface area contributed by atoms with Crippen molar-refractivity contribution in [1.82, 2.24) is 15.1 Å². The number of nitrogens with one attached hydrogen (secondary N) is 1. The van der Waals surface area contributed by atoms with Crippen molar-refractivity contribution in [3.8, 4) is 0 Å². The third-order valence-corrected chi connectivity index (χ3v) is 4.74. The highest BCUT2D eigenvalue weighted by Gasteiger charge is 2.11. The lowest BCUT2D eigenvalue weighted by molar-refractivity contribution is 0.664. The number of aromatic nitrogens is 2. The van der Waals surface area contributed by atoms with Gasteiger partial charge in [-0.2, -0.15) is 5.10 Å². The third kappa shape index (κ3) is 3.25. The number of hydrogen-bond acceptors (Lipinski definition) is 3. The van der Waals surface area contributed by atoms with Crippen LogP contribution in [-0.4, -0.2) is 23.4 Å². The molecule has 2 rings (SSSR count). The first-order valence-corrected chi connectivity index (χ1v) is 7.72. The van der Waals surface area contributed by atoms with E-state index in [1.54, 1.807) is 0 Å². The summed E-state index contributed by atoms with van der Waals surface area (Å²) in [5.41, 5.74) is 3.86. The largest absolute Gasteiger partial charge is 0.319 e. The standard InChI is InChI=1S/C15H23N3S/c1-5-13-6-7-14(19-13)10-18-12(3)15(8-9-16-4)11(2)17-18/h6-7,16H,5,8-10H2,1-4H3. The molecule has 3 nitrogen and oxygen atoms in total. The van der Waals surface area contributed by atoms with Crippen LogP contribution in [0.3, 0.4) is 0 Å². The Hall–Kier alpha value is -1.13. The van der Waals surface area contributed by atoms with Crippen LogP contribution in [0.4, 0.5) is 0 Å². The van der Waals surface area contributed by atoms with Crippen LogP contribution >= 0.6 is 11.3 Å². The molecule has 19 heavy (non-hydrogen) atoms. The van der Waals surface area contributed by atoms with Gasteiger partial charge in [0, 0.05) is 15.4 Å². The Bertz CT molecular complexity index is 540. The molecule has 1 N–H and O–H groups in total. The van der Waals surface area contributed by atoms with Gasteiger partial charge in [0.15, 0.2) is 0 Å². The van der Waals surface area contributed by atoms with Crippen LogP contribution in [0.5, 0.6) is 0 Å². The predicted octanol–water partition coefficient (Wildman–Crippen LogP) is 2.93. The summed E-state index contributed by atoms with van der Waals surface area (Å²) in [5, 5.41) is 7.89. The molecule has 0 bridgehead atoms. The summed E-state index contributed by atoms with van der Waals surface area (Å²) in [5.74, 6) is 0. The predicted molar refractivity (Wildman–Crippen MR) is 82.1 cm³/mol. The van der Waals surface area contributed by atoms with Crippen LogP contribution in [0.2, 0.25) is 0 Å². The molecule has 0 radical (unpaired) electrons. The average molecular weight is 277 g/mol. The van der Waals surface area contributed by atoms with Gasteiger partial charge in [-0.25, -0.2) is 0 Å². The van der Waals surface area contributed by atoms with E-state index in [1.807, 2.05) is 18.4 Å². The Morgan fingerprint density at radius 2 is 2.00 bits per heavy atom. The minimum absolute atomic E-state index is 0.900. The highest BCUT2D eigenvalue weighted by atomic mass is 32.1. The number of nitrogens with zero attached hydrogens (tertiary/aromatic N) is 2. The number of thiophene rings is 1. The summed E-state index contributed by atoms with van der Waals surface area (Å²) >= 11 is 1.90. The van der Waals surface area contributed by atoms with Gasteiger partial charge in [0.2, 0.25) is 0 Å². The van der Waals surface area contributed by atoms with Gasteiger partial charge in [0.05, 0.1) is 12.2 Å². The molecule has 104 valence electrons. The summed E-state index contributed by atoms with van der Waals surface area (Å²) in [6.07, 6.45) is 2.17. The quantitative estimate of drug-likeness (QED) is 0.880. The zero-order valence-electron chi connectivity index (χ0n) is 12.3. The van der Waals surface area contributed by atoms with Crippen molar-refractivity contribution in [2.24, 2.45) is 0 Å². The van der Waals surface area contributed by atoms with Crippen LogP contribution in [0, 0.1) is 13.8 Å². The fraction of sp³-hybridized carbons (Fsp3) is 0.533. The number of aryl methyl sites for hydroxylation is 2. The van der Waals surface area contributed by atoms with E-state index in [2.05, 4.69) is 48.0 Å². The lowest BCUT2D eigenvalue weighted by Crippen LogP contribution is -2.11. The number of hydrogen-bond donors (Lipinski definition) is 1. The molecule has 0 amide bonds. The molecule has 0 saturated carbocycles. The Kier molecular flexibility index (Phi) is 4.77. The van der Waals surface area contributed by atoms with Crippen molar-refractivity contribution < 1.29 is 0 Å². The topological polar surface area (TPSA) is 29.9 Å². The second-order valence-electron chi connectivity index (χ2n) is 4.88. The summed E-state index contributed by atoms with van der Waals surface area (Å²) in [6.45, 7) is 8.40. The molecule has 0 aromatic carbocycles. The van der Waals surface area contributed by atoms with Crippen molar-refractivity contribution in [2.75, 3.05) is 13.6 Å². The minimum Gasteiger partial charge on any atom is -0.319 e. The molecule has 2 aromatic heterocycles. The Morgan fingerprint density at radius 1 is 1.26 bits per heavy atom. The molecule has 4 heteroatoms. The Balaban J connectivity index is 2.16. The van der Waals surface area contributed by atoms with Crippen molar-refractivity contribution >= 4 is 11.3 Å². The van der Waals surface area contributed by atoms with E-state index in [0.29, 0.717) is 0 Å². The maximum absolute atomic E-state index is 4.69. The highest BCUT2D eigenvalue weighted by molar-refractivity contribution is 7.11. The molecular weight excluding hydrogens is 254 g/mol. The number of rotatable bonds is 6. The average Bonchev–Trinajstić information content (AvgIpc) is 2.95. The maximum Gasteiger partial charge on any atom is 0.0755 e. The van der Waals surface area contributed by atoms with E-state index in [4.69, 9.17) is 0 Å². The number of likely N-dealkylation sites (N-methyl/N-ethyl adjacent to an activating group) is 1. The molecule has 0 aliphatic rings. The third-order valence-electron chi connectivity index (χ3n) is 3.53. The molecular formula is C15H23N3S. The van der Waals surface area contributed by atoms with E-state index in [0.717, 1.165) is 25.9 Å². The molecule has 0 atom stereocenters. The second kappa shape index (κ2) is 6.35. The first kappa shape index (κ1) is 14.3. The molecule has 0 spiro atoms. The molecule has 0 aliphatic carbocycles. The van der Waals surface area contributed by atoms with Gasteiger partial charge in [0.25, 0.3) is 0 Å². The van der Waals surface area contributed by atoms with E-state index in [1.165, 1.54) is 26.7 Å². The SMILES string of the molecule is CCc1ccc(Cn2nc(C)c(CCNC)c2C)s1. The summed E-state index contributed by atoms with van der Waals surface area (Å²) < 4.78 is 2.14. The second-order valence-corrected chi connectivity index (χ2v) is 6.14. The van der Waals surface area contributed by atoms with Gasteiger partial charge in [-0.15, -0.1) is 11.3 Å². The van der Waals surface area contributed by atoms with Crippen LogP contribution in [0.1, 0.15) is 33.6 Å². The van der Waals surface area contributed by atoms with Crippen LogP contribution in [0.25, 0.3) is 0 Å². The highest BCUT2D eigenvalue weighted by Crippen LogP contribution is 2.20. The van der Waals surface area contributed by atoms with Crippen molar-refractivity contribution in [1.29, 1.82) is 0 Å². The van der Waals surface area contributed by atoms with Crippen LogP contribution < -0.4 is 5.32 Å². The first-order chi connectivity index (χ1) is 9.15. The lowest BCUT2D eigenvalue weighted by atomic mass is 10.1. The van der Waals surface area contributed by atoms with E-state index in [-0.39, 0.29) is 0 Å². The molecule has 2 heterocycles. The lowest BCUT2D eigenvalue weighted by Gasteiger charge is -2.04. The fourth-order valence-electron chi connectivity index (χ4n) is 2.34. The smallest absolute Gasteiger partial charge is 0.0755 e. The van der Waals surface area contributed by atoms with E-state index >= 15 is 0 Å². The monoisotopic (exact) mass is 277 g/mol. The molecule has 2 aromatic rings. The zero-order chi connectivity index (χ0) is 13.8. The van der Waals surface area contributed by atoms with Crippen LogP contribution in [0.15, 0.2) is 12.1 Å². The summed E-state index contributed by atoms with van der Waals surface area (Å²) in [4.78, 5) is 2.84. The zero-order valence-corrected chi connectivity index (χ0v) is 13.1. The van der Waals surface area contributed by atoms with Gasteiger partial charge >= 0.3 is 0 Å². The maximum atomic E-state index is 4.69. The van der Waals surface area contributed by atoms with Gasteiger partial charge in [-0.1, -0.05) is 6.92 Å². The van der Waals surface area contributed by atoms with Crippen molar-refractivity contribution in [3.05, 3.63) is 38.8 Å².